The standard InChI is InChI=1S/C9H8F2N2O6S/c10-5-3-6(11)9(7(4-5)13(16)17)12-20(18,19)2-1-8(14)15/h3-4,12H,1-2H2,(H,14,15). The molecule has 1 aromatic rings. The normalized spacial score (nSPS) is 11.1. The summed E-state index contributed by atoms with van der Waals surface area (Å²) in [6, 6.07) is 0.611. The van der Waals surface area contributed by atoms with Gasteiger partial charge in [0.05, 0.1) is 23.2 Å². The third-order valence-corrected chi connectivity index (χ3v) is 3.33. The first-order valence-corrected chi connectivity index (χ1v) is 6.63. The fourth-order valence-electron chi connectivity index (χ4n) is 1.23. The summed E-state index contributed by atoms with van der Waals surface area (Å²) >= 11 is 0. The van der Waals surface area contributed by atoms with Crippen molar-refractivity contribution in [1.29, 1.82) is 0 Å². The van der Waals surface area contributed by atoms with E-state index in [0.29, 0.717) is 6.07 Å². The summed E-state index contributed by atoms with van der Waals surface area (Å²) in [5, 5.41) is 19.0. The van der Waals surface area contributed by atoms with E-state index >= 15 is 0 Å². The van der Waals surface area contributed by atoms with Crippen LogP contribution in [0.3, 0.4) is 0 Å². The second-order valence-corrected chi connectivity index (χ2v) is 5.45. The van der Waals surface area contributed by atoms with Crippen molar-refractivity contribution in [2.45, 2.75) is 6.42 Å². The van der Waals surface area contributed by atoms with Gasteiger partial charge >= 0.3 is 5.97 Å². The number of nitrogens with zero attached hydrogens (tertiary/aromatic N) is 1. The molecule has 0 saturated heterocycles. The number of sulfonamides is 1. The predicted molar refractivity (Wildman–Crippen MR) is 62.7 cm³/mol. The van der Waals surface area contributed by atoms with Crippen LogP contribution in [0.5, 0.6) is 0 Å². The number of halogens is 2. The van der Waals surface area contributed by atoms with Crippen LogP contribution in [-0.2, 0) is 14.8 Å². The molecule has 0 bridgehead atoms. The Balaban J connectivity index is 3.14. The average Bonchev–Trinajstić information content (AvgIpc) is 2.29. The van der Waals surface area contributed by atoms with Gasteiger partial charge in [0.15, 0.2) is 11.5 Å². The number of nitro benzene ring substituents is 1. The number of nitrogens with one attached hydrogen (secondary N) is 1. The molecule has 0 fully saturated rings. The fourth-order valence-corrected chi connectivity index (χ4v) is 2.29. The van der Waals surface area contributed by atoms with E-state index in [1.165, 1.54) is 0 Å². The Morgan fingerprint density at radius 2 is 2.00 bits per heavy atom. The first kappa shape index (κ1) is 15.8. The second kappa shape index (κ2) is 5.77. The minimum Gasteiger partial charge on any atom is -0.481 e. The number of carboxylic acid groups (broad SMARTS) is 1. The van der Waals surface area contributed by atoms with Gasteiger partial charge in [-0.2, -0.15) is 0 Å². The molecular formula is C9H8F2N2O6S. The predicted octanol–water partition coefficient (Wildman–Crippen LogP) is 1.09. The minimum absolute atomic E-state index is 0.266. The number of benzene rings is 1. The molecule has 0 spiro atoms. The first-order chi connectivity index (χ1) is 9.12. The highest BCUT2D eigenvalue weighted by molar-refractivity contribution is 7.92. The monoisotopic (exact) mass is 310 g/mol. The second-order valence-electron chi connectivity index (χ2n) is 3.60. The van der Waals surface area contributed by atoms with Crippen LogP contribution in [-0.4, -0.2) is 30.2 Å². The van der Waals surface area contributed by atoms with Crippen LogP contribution < -0.4 is 4.72 Å². The molecule has 0 unspecified atom stereocenters. The van der Waals surface area contributed by atoms with E-state index in [0.717, 1.165) is 0 Å². The maximum atomic E-state index is 13.4. The molecule has 0 amide bonds. The third-order valence-electron chi connectivity index (χ3n) is 2.07. The SMILES string of the molecule is O=C(O)CCS(=O)(=O)Nc1c(F)cc(F)cc1[N+](=O)[O-]. The Labute approximate surface area is 111 Å². The van der Waals surface area contributed by atoms with Gasteiger partial charge in [-0.25, -0.2) is 17.2 Å². The topological polar surface area (TPSA) is 127 Å². The highest BCUT2D eigenvalue weighted by atomic mass is 32.2. The zero-order valence-electron chi connectivity index (χ0n) is 9.67. The van der Waals surface area contributed by atoms with Gasteiger partial charge in [-0.15, -0.1) is 0 Å². The minimum atomic E-state index is -4.32. The van der Waals surface area contributed by atoms with Crippen LogP contribution in [0.15, 0.2) is 12.1 Å². The van der Waals surface area contributed by atoms with Crippen LogP contribution in [0, 0.1) is 21.7 Å². The van der Waals surface area contributed by atoms with Crippen molar-refractivity contribution in [3.05, 3.63) is 33.9 Å². The van der Waals surface area contributed by atoms with Crippen molar-refractivity contribution in [2.75, 3.05) is 10.5 Å². The largest absolute Gasteiger partial charge is 0.481 e. The third kappa shape index (κ3) is 4.12. The van der Waals surface area contributed by atoms with Crippen molar-refractivity contribution in [3.63, 3.8) is 0 Å². The molecular weight excluding hydrogens is 302 g/mol. The van der Waals surface area contributed by atoms with Crippen molar-refractivity contribution in [3.8, 4) is 0 Å². The van der Waals surface area contributed by atoms with Gasteiger partial charge in [-0.05, 0) is 0 Å². The number of nitro groups is 1. The lowest BCUT2D eigenvalue weighted by atomic mass is 10.2. The molecule has 0 atom stereocenters. The molecule has 0 aromatic heterocycles. The van der Waals surface area contributed by atoms with Gasteiger partial charge < -0.3 is 5.11 Å². The lowest BCUT2D eigenvalue weighted by molar-refractivity contribution is -0.384. The summed E-state index contributed by atoms with van der Waals surface area (Å²) in [5.41, 5.74) is -2.15. The van der Waals surface area contributed by atoms with Crippen molar-refractivity contribution in [2.24, 2.45) is 0 Å². The van der Waals surface area contributed by atoms with E-state index in [9.17, 15) is 32.1 Å². The summed E-state index contributed by atoms with van der Waals surface area (Å²) in [5.74, 6) is -5.04. The van der Waals surface area contributed by atoms with Gasteiger partial charge in [0.2, 0.25) is 10.0 Å². The van der Waals surface area contributed by atoms with Crippen LogP contribution >= 0.6 is 0 Å². The molecule has 20 heavy (non-hydrogen) atoms. The average molecular weight is 310 g/mol. The van der Waals surface area contributed by atoms with Crippen molar-refractivity contribution >= 4 is 27.4 Å². The zero-order valence-corrected chi connectivity index (χ0v) is 10.5. The van der Waals surface area contributed by atoms with Gasteiger partial charge in [0.1, 0.15) is 5.82 Å². The van der Waals surface area contributed by atoms with E-state index in [1.54, 1.807) is 4.72 Å². The number of hydrogen-bond acceptors (Lipinski definition) is 5. The van der Waals surface area contributed by atoms with E-state index in [2.05, 4.69) is 0 Å². The molecule has 2 N–H and O–H groups in total. The fraction of sp³-hybridized carbons (Fsp3) is 0.222. The van der Waals surface area contributed by atoms with Gasteiger partial charge in [0, 0.05) is 6.07 Å². The maximum Gasteiger partial charge on any atom is 0.304 e. The van der Waals surface area contributed by atoms with Crippen LogP contribution in [0.4, 0.5) is 20.2 Å². The Kier molecular flexibility index (Phi) is 4.55. The Bertz CT molecular complexity index is 661. The smallest absolute Gasteiger partial charge is 0.304 e. The summed E-state index contributed by atoms with van der Waals surface area (Å²) in [4.78, 5) is 19.7. The summed E-state index contributed by atoms with van der Waals surface area (Å²) in [6.07, 6.45) is -0.772. The number of hydrogen-bond donors (Lipinski definition) is 2. The lowest BCUT2D eigenvalue weighted by Crippen LogP contribution is -2.20. The van der Waals surface area contributed by atoms with E-state index in [-0.39, 0.29) is 6.07 Å². The first-order valence-electron chi connectivity index (χ1n) is 4.98. The number of aliphatic carboxylic acids is 1. The summed E-state index contributed by atoms with van der Waals surface area (Å²) in [6.45, 7) is 0. The maximum absolute atomic E-state index is 13.4. The van der Waals surface area contributed by atoms with Crippen LogP contribution in [0.2, 0.25) is 0 Å². The molecule has 0 aliphatic rings. The molecule has 0 radical (unpaired) electrons. The van der Waals surface area contributed by atoms with Gasteiger partial charge in [0.25, 0.3) is 5.69 Å². The van der Waals surface area contributed by atoms with E-state index in [4.69, 9.17) is 5.11 Å². The lowest BCUT2D eigenvalue weighted by Gasteiger charge is -2.08. The Hall–Kier alpha value is -2.30. The molecule has 0 heterocycles. The Morgan fingerprint density at radius 1 is 1.40 bits per heavy atom. The number of carbonyl (C=O) groups is 1. The molecule has 1 aromatic carbocycles. The molecule has 110 valence electrons. The number of anilines is 1. The molecule has 0 aliphatic heterocycles. The number of rotatable bonds is 6. The van der Waals surface area contributed by atoms with Crippen molar-refractivity contribution < 1.29 is 32.0 Å². The van der Waals surface area contributed by atoms with Gasteiger partial charge in [-0.1, -0.05) is 0 Å². The highest BCUT2D eigenvalue weighted by Gasteiger charge is 2.25. The highest BCUT2D eigenvalue weighted by Crippen LogP contribution is 2.29. The van der Waals surface area contributed by atoms with E-state index in [1.807, 2.05) is 0 Å². The van der Waals surface area contributed by atoms with E-state index < -0.39 is 56.1 Å². The quantitative estimate of drug-likeness (QED) is 0.598. The molecule has 0 aliphatic carbocycles. The number of carboxylic acids is 1. The van der Waals surface area contributed by atoms with Crippen LogP contribution in [0.1, 0.15) is 6.42 Å². The summed E-state index contributed by atoms with van der Waals surface area (Å²) in [7, 11) is -4.32. The van der Waals surface area contributed by atoms with Crippen LogP contribution in [0.25, 0.3) is 0 Å². The van der Waals surface area contributed by atoms with Gasteiger partial charge in [-0.3, -0.25) is 19.6 Å². The molecule has 11 heteroatoms. The summed E-state index contributed by atoms with van der Waals surface area (Å²) < 4.78 is 50.7. The van der Waals surface area contributed by atoms with Crippen molar-refractivity contribution in [1.82, 2.24) is 0 Å². The zero-order chi connectivity index (χ0) is 15.5. The molecule has 0 saturated carbocycles. The Morgan fingerprint density at radius 3 is 2.50 bits per heavy atom. The molecule has 1 rings (SSSR count). The molecule has 8 nitrogen and oxygen atoms in total.